The van der Waals surface area contributed by atoms with Crippen molar-refractivity contribution in [1.29, 1.82) is 0 Å². The predicted octanol–water partition coefficient (Wildman–Crippen LogP) is 2.57. The van der Waals surface area contributed by atoms with Crippen molar-refractivity contribution in [2.75, 3.05) is 42.6 Å². The lowest BCUT2D eigenvalue weighted by Crippen LogP contribution is -2.39. The van der Waals surface area contributed by atoms with Crippen LogP contribution in [0.2, 0.25) is 0 Å². The number of para-hydroxylation sites is 1. The van der Waals surface area contributed by atoms with Crippen molar-refractivity contribution in [3.63, 3.8) is 0 Å². The second-order valence-corrected chi connectivity index (χ2v) is 7.48. The average Bonchev–Trinajstić information content (AvgIpc) is 3.22. The second kappa shape index (κ2) is 8.73. The van der Waals surface area contributed by atoms with Crippen LogP contribution in [0.5, 0.6) is 0 Å². The summed E-state index contributed by atoms with van der Waals surface area (Å²) in [4.78, 5) is 40.0. The fourth-order valence-electron chi connectivity index (χ4n) is 3.93. The summed E-state index contributed by atoms with van der Waals surface area (Å²) in [6, 6.07) is 11.8. The summed E-state index contributed by atoms with van der Waals surface area (Å²) in [5.41, 5.74) is 2.18. The zero-order valence-electron chi connectivity index (χ0n) is 17.2. The molecule has 0 N–H and O–H groups in total. The van der Waals surface area contributed by atoms with Gasteiger partial charge >= 0.3 is 5.97 Å². The Balaban J connectivity index is 1.48. The maximum atomic E-state index is 12.8. The largest absolute Gasteiger partial charge is 0.449 e. The quantitative estimate of drug-likeness (QED) is 0.412. The van der Waals surface area contributed by atoms with Gasteiger partial charge in [-0.3, -0.25) is 14.9 Å². The molecule has 4 rings (SSSR count). The van der Waals surface area contributed by atoms with Crippen LogP contribution >= 0.6 is 0 Å². The van der Waals surface area contributed by atoms with Gasteiger partial charge < -0.3 is 19.3 Å². The third-order valence-electron chi connectivity index (χ3n) is 5.54. The maximum Gasteiger partial charge on any atom is 0.339 e. The molecule has 31 heavy (non-hydrogen) atoms. The van der Waals surface area contributed by atoms with E-state index in [0.29, 0.717) is 38.5 Å². The third-order valence-corrected chi connectivity index (χ3v) is 5.54. The van der Waals surface area contributed by atoms with Crippen molar-refractivity contribution in [1.82, 2.24) is 0 Å². The van der Waals surface area contributed by atoms with Gasteiger partial charge in [0.25, 0.3) is 11.6 Å². The molecule has 1 fully saturated rings. The molecule has 2 aromatic rings. The standard InChI is InChI=1S/C22H23N3O6/c1-15(21(26)24-9-8-16-4-2-3-5-18(16)24)31-22(27)17-6-7-19(20(14-17)25(28)29)23-10-12-30-13-11-23/h2-7,14-15H,8-13H2,1H3. The number of amides is 1. The van der Waals surface area contributed by atoms with Crippen LogP contribution in [0.3, 0.4) is 0 Å². The van der Waals surface area contributed by atoms with Gasteiger partial charge in [0.05, 0.1) is 23.7 Å². The fourth-order valence-corrected chi connectivity index (χ4v) is 3.93. The Kier molecular flexibility index (Phi) is 5.85. The summed E-state index contributed by atoms with van der Waals surface area (Å²) >= 11 is 0. The highest BCUT2D eigenvalue weighted by molar-refractivity contribution is 6.00. The molecule has 0 bridgehead atoms. The minimum Gasteiger partial charge on any atom is -0.449 e. The van der Waals surface area contributed by atoms with Gasteiger partial charge in [-0.1, -0.05) is 18.2 Å². The number of esters is 1. The number of nitro groups is 1. The normalized spacial score (nSPS) is 16.5. The molecule has 0 aliphatic carbocycles. The van der Waals surface area contributed by atoms with Gasteiger partial charge in [-0.2, -0.15) is 0 Å². The van der Waals surface area contributed by atoms with Crippen LogP contribution in [0.15, 0.2) is 42.5 Å². The van der Waals surface area contributed by atoms with E-state index in [-0.39, 0.29) is 17.2 Å². The molecule has 9 nitrogen and oxygen atoms in total. The van der Waals surface area contributed by atoms with E-state index in [2.05, 4.69) is 0 Å². The Morgan fingerprint density at radius 1 is 1.10 bits per heavy atom. The number of rotatable bonds is 5. The molecule has 162 valence electrons. The molecule has 2 aliphatic heterocycles. The first kappa shape index (κ1) is 20.8. The van der Waals surface area contributed by atoms with Gasteiger partial charge in [-0.15, -0.1) is 0 Å². The van der Waals surface area contributed by atoms with E-state index in [1.807, 2.05) is 29.2 Å². The van der Waals surface area contributed by atoms with Gasteiger partial charge in [-0.05, 0) is 37.1 Å². The molecular formula is C22H23N3O6. The molecule has 0 radical (unpaired) electrons. The molecule has 1 amide bonds. The monoisotopic (exact) mass is 425 g/mol. The van der Waals surface area contributed by atoms with Crippen molar-refractivity contribution in [2.45, 2.75) is 19.4 Å². The number of morpholine rings is 1. The third kappa shape index (κ3) is 4.22. The summed E-state index contributed by atoms with van der Waals surface area (Å²) in [5, 5.41) is 11.6. The Morgan fingerprint density at radius 2 is 1.84 bits per heavy atom. The Hall–Kier alpha value is -3.46. The molecule has 2 heterocycles. The topological polar surface area (TPSA) is 102 Å². The number of carbonyl (C=O) groups excluding carboxylic acids is 2. The minimum absolute atomic E-state index is 0.0326. The summed E-state index contributed by atoms with van der Waals surface area (Å²) in [7, 11) is 0. The number of carbonyl (C=O) groups is 2. The van der Waals surface area contributed by atoms with Gasteiger partial charge in [-0.25, -0.2) is 4.79 Å². The van der Waals surface area contributed by atoms with Crippen LogP contribution in [-0.2, 0) is 20.7 Å². The first-order valence-corrected chi connectivity index (χ1v) is 10.2. The minimum atomic E-state index is -1.02. The van der Waals surface area contributed by atoms with Gasteiger partial charge in [0.1, 0.15) is 5.69 Å². The molecular weight excluding hydrogens is 402 g/mol. The Morgan fingerprint density at radius 3 is 2.58 bits per heavy atom. The lowest BCUT2D eigenvalue weighted by Gasteiger charge is -2.28. The van der Waals surface area contributed by atoms with E-state index in [1.165, 1.54) is 19.1 Å². The molecule has 0 saturated carbocycles. The molecule has 1 unspecified atom stereocenters. The highest BCUT2D eigenvalue weighted by atomic mass is 16.6. The molecule has 1 saturated heterocycles. The van der Waals surface area contributed by atoms with E-state index in [0.717, 1.165) is 17.7 Å². The molecule has 0 spiro atoms. The van der Waals surface area contributed by atoms with Crippen LogP contribution in [0, 0.1) is 10.1 Å². The van der Waals surface area contributed by atoms with Crippen LogP contribution in [0.4, 0.5) is 17.1 Å². The number of anilines is 2. The molecule has 9 heteroatoms. The zero-order valence-corrected chi connectivity index (χ0v) is 17.2. The smallest absolute Gasteiger partial charge is 0.339 e. The van der Waals surface area contributed by atoms with Gasteiger partial charge in [0, 0.05) is 31.4 Å². The molecule has 2 aliphatic rings. The first-order valence-electron chi connectivity index (χ1n) is 10.2. The average molecular weight is 425 g/mol. The Bertz CT molecular complexity index is 1020. The van der Waals surface area contributed by atoms with Crippen LogP contribution < -0.4 is 9.80 Å². The molecule has 1 atom stereocenters. The second-order valence-electron chi connectivity index (χ2n) is 7.48. The molecule has 2 aromatic carbocycles. The SMILES string of the molecule is CC(OC(=O)c1ccc(N2CCOCC2)c([N+](=O)[O-])c1)C(=O)N1CCc2ccccc21. The summed E-state index contributed by atoms with van der Waals surface area (Å²) < 4.78 is 10.7. The van der Waals surface area contributed by atoms with Gasteiger partial charge in [0.2, 0.25) is 0 Å². The van der Waals surface area contributed by atoms with Crippen molar-refractivity contribution in [2.24, 2.45) is 0 Å². The summed E-state index contributed by atoms with van der Waals surface area (Å²) in [6.07, 6.45) is -0.269. The number of ether oxygens (including phenoxy) is 2. The molecule has 0 aromatic heterocycles. The van der Waals surface area contributed by atoms with Crippen molar-refractivity contribution in [3.8, 4) is 0 Å². The van der Waals surface area contributed by atoms with Crippen LogP contribution in [-0.4, -0.2) is 55.8 Å². The van der Waals surface area contributed by atoms with E-state index >= 15 is 0 Å². The van der Waals surface area contributed by atoms with Gasteiger partial charge in [0.15, 0.2) is 6.10 Å². The summed E-state index contributed by atoms with van der Waals surface area (Å²) in [5.74, 6) is -1.09. The van der Waals surface area contributed by atoms with E-state index in [1.54, 1.807) is 11.0 Å². The Labute approximate surface area is 179 Å². The zero-order chi connectivity index (χ0) is 22.0. The van der Waals surface area contributed by atoms with Crippen LogP contribution in [0.1, 0.15) is 22.8 Å². The van der Waals surface area contributed by atoms with Crippen LogP contribution in [0.25, 0.3) is 0 Å². The van der Waals surface area contributed by atoms with Crippen molar-refractivity contribution >= 4 is 28.9 Å². The number of hydrogen-bond donors (Lipinski definition) is 0. The van der Waals surface area contributed by atoms with Crippen molar-refractivity contribution < 1.29 is 24.0 Å². The van der Waals surface area contributed by atoms with E-state index in [4.69, 9.17) is 9.47 Å². The lowest BCUT2D eigenvalue weighted by molar-refractivity contribution is -0.384. The number of nitrogens with zero attached hydrogens (tertiary/aromatic N) is 3. The predicted molar refractivity (Wildman–Crippen MR) is 114 cm³/mol. The number of nitro benzene ring substituents is 1. The highest BCUT2D eigenvalue weighted by Crippen LogP contribution is 2.31. The van der Waals surface area contributed by atoms with Crippen molar-refractivity contribution in [3.05, 3.63) is 63.7 Å². The number of benzene rings is 2. The first-order chi connectivity index (χ1) is 15.0. The fraction of sp³-hybridized carbons (Fsp3) is 0.364. The van der Waals surface area contributed by atoms with E-state index in [9.17, 15) is 19.7 Å². The summed E-state index contributed by atoms with van der Waals surface area (Å²) in [6.45, 7) is 4.08. The number of hydrogen-bond acceptors (Lipinski definition) is 7. The maximum absolute atomic E-state index is 12.8. The highest BCUT2D eigenvalue weighted by Gasteiger charge is 2.31. The van der Waals surface area contributed by atoms with E-state index < -0.39 is 17.0 Å². The lowest BCUT2D eigenvalue weighted by atomic mass is 10.1. The number of fused-ring (bicyclic) bond motifs is 1.